The van der Waals surface area contributed by atoms with E-state index in [0.29, 0.717) is 5.92 Å². The summed E-state index contributed by atoms with van der Waals surface area (Å²) >= 11 is 0. The summed E-state index contributed by atoms with van der Waals surface area (Å²) in [5.74, 6) is 3.40. The Hall–Kier alpha value is -0.340. The van der Waals surface area contributed by atoms with Gasteiger partial charge in [0.05, 0.1) is 6.10 Å². The number of hydrogen-bond donors (Lipinski definition) is 1. The highest BCUT2D eigenvalue weighted by molar-refractivity contribution is 5.13. The van der Waals surface area contributed by atoms with Crippen molar-refractivity contribution >= 4 is 0 Å². The van der Waals surface area contributed by atoms with Crippen LogP contribution >= 0.6 is 0 Å². The maximum atomic E-state index is 10.9. The van der Waals surface area contributed by atoms with Crippen molar-refractivity contribution in [3.8, 4) is 0 Å². The van der Waals surface area contributed by atoms with Gasteiger partial charge in [0, 0.05) is 5.41 Å². The second-order valence-electron chi connectivity index (χ2n) is 9.41. The van der Waals surface area contributed by atoms with Crippen LogP contribution in [0.15, 0.2) is 12.2 Å². The molecule has 22 heavy (non-hydrogen) atoms. The molecule has 2 nitrogen and oxygen atoms in total. The third-order valence-electron chi connectivity index (χ3n) is 7.61. The van der Waals surface area contributed by atoms with Gasteiger partial charge in [0.25, 0.3) is 0 Å². The molecular weight excluding hydrogens is 272 g/mol. The van der Waals surface area contributed by atoms with Crippen LogP contribution in [0.5, 0.6) is 0 Å². The Kier molecular flexibility index (Phi) is 4.01. The molecule has 3 aliphatic rings. The fraction of sp³-hybridized carbons (Fsp3) is 0.900. The Bertz CT molecular complexity index is 449. The minimum atomic E-state index is -0.755. The highest BCUT2D eigenvalue weighted by atomic mass is 16.6. The highest BCUT2D eigenvalue weighted by Gasteiger charge is 2.56. The quantitative estimate of drug-likeness (QED) is 0.598. The molecule has 3 aliphatic carbocycles. The third kappa shape index (κ3) is 2.29. The molecule has 0 amide bonds. The molecular formula is C20H34O2. The zero-order valence-corrected chi connectivity index (χ0v) is 15.1. The number of fused-ring (bicyclic) bond motifs is 5. The lowest BCUT2D eigenvalue weighted by molar-refractivity contribution is -0.223. The first-order chi connectivity index (χ1) is 10.2. The summed E-state index contributed by atoms with van der Waals surface area (Å²) in [6, 6.07) is 0. The number of aliphatic hydroxyl groups excluding tert-OH is 1. The van der Waals surface area contributed by atoms with Crippen LogP contribution in [-0.2, 0) is 4.74 Å². The zero-order valence-electron chi connectivity index (χ0n) is 15.1. The van der Waals surface area contributed by atoms with E-state index >= 15 is 0 Å². The van der Waals surface area contributed by atoms with E-state index in [2.05, 4.69) is 34.3 Å². The van der Waals surface area contributed by atoms with Crippen molar-refractivity contribution in [3.05, 3.63) is 12.2 Å². The smallest absolute Gasteiger partial charge is 0.164 e. The van der Waals surface area contributed by atoms with Crippen LogP contribution < -0.4 is 0 Å². The minimum absolute atomic E-state index is 0.0776. The average molecular weight is 306 g/mol. The van der Waals surface area contributed by atoms with E-state index in [1.165, 1.54) is 32.1 Å². The van der Waals surface area contributed by atoms with E-state index in [0.717, 1.165) is 23.3 Å². The molecule has 0 radical (unpaired) electrons. The third-order valence-corrected chi connectivity index (χ3v) is 7.61. The lowest BCUT2D eigenvalue weighted by Gasteiger charge is -2.47. The number of hydrogen-bond acceptors (Lipinski definition) is 2. The van der Waals surface area contributed by atoms with Gasteiger partial charge in [-0.05, 0) is 61.7 Å². The molecule has 2 heteroatoms. The molecule has 7 atom stereocenters. The van der Waals surface area contributed by atoms with Gasteiger partial charge in [-0.15, -0.1) is 0 Å². The first-order valence-corrected chi connectivity index (χ1v) is 9.15. The summed E-state index contributed by atoms with van der Waals surface area (Å²) in [6.45, 7) is 14.8. The largest absolute Gasteiger partial charge is 0.367 e. The Morgan fingerprint density at radius 2 is 1.73 bits per heavy atom. The average Bonchev–Trinajstić information content (AvgIpc) is 3.07. The molecule has 3 saturated carbocycles. The maximum absolute atomic E-state index is 10.9. The van der Waals surface area contributed by atoms with Crippen LogP contribution in [0.4, 0.5) is 0 Å². The molecule has 0 aromatic carbocycles. The Morgan fingerprint density at radius 3 is 2.32 bits per heavy atom. The zero-order chi connectivity index (χ0) is 16.3. The van der Waals surface area contributed by atoms with E-state index in [9.17, 15) is 5.11 Å². The number of rotatable bonds is 4. The lowest BCUT2D eigenvalue weighted by Crippen LogP contribution is -2.48. The van der Waals surface area contributed by atoms with E-state index in [4.69, 9.17) is 4.74 Å². The van der Waals surface area contributed by atoms with Crippen LogP contribution in [0, 0.1) is 34.5 Å². The topological polar surface area (TPSA) is 29.5 Å². The molecule has 0 heterocycles. The van der Waals surface area contributed by atoms with E-state index < -0.39 is 11.7 Å². The van der Waals surface area contributed by atoms with Crippen molar-refractivity contribution in [2.75, 3.05) is 0 Å². The molecule has 126 valence electrons. The molecule has 7 unspecified atom stereocenters. The fourth-order valence-electron chi connectivity index (χ4n) is 5.68. The van der Waals surface area contributed by atoms with Gasteiger partial charge in [0.2, 0.25) is 0 Å². The van der Waals surface area contributed by atoms with Gasteiger partial charge in [-0.25, -0.2) is 0 Å². The Balaban J connectivity index is 1.72. The first-order valence-electron chi connectivity index (χ1n) is 9.15. The van der Waals surface area contributed by atoms with Gasteiger partial charge >= 0.3 is 0 Å². The number of aliphatic hydroxyl groups is 1. The Labute approximate surface area is 136 Å². The van der Waals surface area contributed by atoms with Crippen molar-refractivity contribution in [1.29, 1.82) is 0 Å². The van der Waals surface area contributed by atoms with Gasteiger partial charge in [-0.2, -0.15) is 0 Å². The summed E-state index contributed by atoms with van der Waals surface area (Å²) in [4.78, 5) is 0. The van der Waals surface area contributed by atoms with Crippen molar-refractivity contribution in [2.45, 2.75) is 79.1 Å². The molecule has 0 aliphatic heterocycles. The highest BCUT2D eigenvalue weighted by Crippen LogP contribution is 2.60. The van der Waals surface area contributed by atoms with Gasteiger partial charge in [0.15, 0.2) is 6.29 Å². The standard InChI is InChI=1S/C20H34O2/c1-12(2)20(6,19(3,4)5)18(21)22-17-11-13-10-16(17)15-9-7-8-14(13)15/h13-18,21H,1,7-11H2,2-6H3. The van der Waals surface area contributed by atoms with Crippen LogP contribution in [0.3, 0.4) is 0 Å². The summed E-state index contributed by atoms with van der Waals surface area (Å²) in [5, 5.41) is 10.9. The summed E-state index contributed by atoms with van der Waals surface area (Å²) in [6.07, 6.45) is 6.24. The predicted molar refractivity (Wildman–Crippen MR) is 90.3 cm³/mol. The van der Waals surface area contributed by atoms with Gasteiger partial charge in [0.1, 0.15) is 0 Å². The molecule has 0 aromatic heterocycles. The fourth-order valence-corrected chi connectivity index (χ4v) is 5.68. The molecule has 3 fully saturated rings. The number of ether oxygens (including phenoxy) is 1. The molecule has 0 aromatic rings. The molecule has 1 N–H and O–H groups in total. The maximum Gasteiger partial charge on any atom is 0.164 e. The van der Waals surface area contributed by atoms with Gasteiger partial charge in [-0.1, -0.05) is 46.3 Å². The van der Waals surface area contributed by atoms with Gasteiger partial charge in [-0.3, -0.25) is 0 Å². The monoisotopic (exact) mass is 306 g/mol. The van der Waals surface area contributed by atoms with Crippen molar-refractivity contribution in [2.24, 2.45) is 34.5 Å². The molecule has 2 bridgehead atoms. The van der Waals surface area contributed by atoms with Crippen LogP contribution in [0.1, 0.15) is 66.7 Å². The van der Waals surface area contributed by atoms with Crippen LogP contribution in [0.2, 0.25) is 0 Å². The second kappa shape index (κ2) is 5.34. The van der Waals surface area contributed by atoms with Crippen LogP contribution in [0.25, 0.3) is 0 Å². The van der Waals surface area contributed by atoms with Crippen LogP contribution in [-0.4, -0.2) is 17.5 Å². The minimum Gasteiger partial charge on any atom is -0.367 e. The molecule has 3 rings (SSSR count). The summed E-state index contributed by atoms with van der Waals surface area (Å²) in [7, 11) is 0. The van der Waals surface area contributed by atoms with Crippen molar-refractivity contribution < 1.29 is 9.84 Å². The summed E-state index contributed by atoms with van der Waals surface area (Å²) in [5.41, 5.74) is 0.518. The molecule has 0 spiro atoms. The predicted octanol–water partition coefficient (Wildman–Crippen LogP) is 4.77. The van der Waals surface area contributed by atoms with Gasteiger partial charge < -0.3 is 9.84 Å². The lowest BCUT2D eigenvalue weighted by atomic mass is 9.63. The van der Waals surface area contributed by atoms with Crippen molar-refractivity contribution in [1.82, 2.24) is 0 Å². The SMILES string of the molecule is C=C(C)C(C)(C(O)OC1CC2CC1C1CCCC21)C(C)(C)C. The Morgan fingerprint density at radius 1 is 1.09 bits per heavy atom. The van der Waals surface area contributed by atoms with E-state index in [-0.39, 0.29) is 11.5 Å². The first kappa shape index (κ1) is 16.5. The second-order valence-corrected chi connectivity index (χ2v) is 9.41. The van der Waals surface area contributed by atoms with E-state index in [1.807, 2.05) is 6.92 Å². The summed E-state index contributed by atoms with van der Waals surface area (Å²) < 4.78 is 6.30. The normalized spacial score (nSPS) is 41.3. The van der Waals surface area contributed by atoms with E-state index in [1.54, 1.807) is 0 Å². The molecule has 0 saturated heterocycles. The van der Waals surface area contributed by atoms with Crippen molar-refractivity contribution in [3.63, 3.8) is 0 Å².